The van der Waals surface area contributed by atoms with Gasteiger partial charge in [-0.25, -0.2) is 4.39 Å². The molecular formula is C14H12ClFN2O. The van der Waals surface area contributed by atoms with E-state index in [0.717, 1.165) is 5.69 Å². The van der Waals surface area contributed by atoms with Crippen molar-refractivity contribution in [2.75, 3.05) is 0 Å². The maximum Gasteiger partial charge on any atom is 0.251 e. The van der Waals surface area contributed by atoms with E-state index in [1.165, 1.54) is 18.2 Å². The van der Waals surface area contributed by atoms with Gasteiger partial charge in [0.25, 0.3) is 5.91 Å². The van der Waals surface area contributed by atoms with Gasteiger partial charge in [-0.05, 0) is 37.3 Å². The molecule has 0 fully saturated rings. The third-order valence-electron chi connectivity index (χ3n) is 2.66. The molecule has 2 aromatic rings. The summed E-state index contributed by atoms with van der Waals surface area (Å²) in [7, 11) is 0. The Morgan fingerprint density at radius 2 is 2.16 bits per heavy atom. The van der Waals surface area contributed by atoms with Crippen LogP contribution in [0.25, 0.3) is 0 Å². The van der Waals surface area contributed by atoms with Crippen molar-refractivity contribution in [2.24, 2.45) is 0 Å². The highest BCUT2D eigenvalue weighted by Gasteiger charge is 2.13. The normalized spacial score (nSPS) is 11.9. The fourth-order valence-electron chi connectivity index (χ4n) is 1.62. The van der Waals surface area contributed by atoms with Crippen LogP contribution in [-0.4, -0.2) is 10.9 Å². The SMILES string of the molecule is C[C@@H](NC(=O)c1ccc(F)c(Cl)c1)c1ccccn1. The molecule has 0 saturated heterocycles. The summed E-state index contributed by atoms with van der Waals surface area (Å²) in [5, 5.41) is 2.71. The molecule has 1 N–H and O–H groups in total. The fourth-order valence-corrected chi connectivity index (χ4v) is 1.80. The predicted octanol–water partition coefficient (Wildman–Crippen LogP) is 3.37. The molecule has 98 valence electrons. The van der Waals surface area contributed by atoms with Crippen LogP contribution >= 0.6 is 11.6 Å². The molecule has 5 heteroatoms. The van der Waals surface area contributed by atoms with Crippen LogP contribution in [0.1, 0.15) is 29.0 Å². The summed E-state index contributed by atoms with van der Waals surface area (Å²) in [6.45, 7) is 1.82. The maximum atomic E-state index is 13.0. The van der Waals surface area contributed by atoms with E-state index in [0.29, 0.717) is 5.56 Å². The molecule has 2 rings (SSSR count). The monoisotopic (exact) mass is 278 g/mol. The summed E-state index contributed by atoms with van der Waals surface area (Å²) in [4.78, 5) is 16.1. The zero-order chi connectivity index (χ0) is 13.8. The van der Waals surface area contributed by atoms with Crippen molar-refractivity contribution in [3.05, 3.63) is 64.7 Å². The van der Waals surface area contributed by atoms with Gasteiger partial charge in [-0.15, -0.1) is 0 Å². The number of pyridine rings is 1. The van der Waals surface area contributed by atoms with Gasteiger partial charge in [0.15, 0.2) is 0 Å². The van der Waals surface area contributed by atoms with Crippen molar-refractivity contribution < 1.29 is 9.18 Å². The number of halogens is 2. The molecule has 0 radical (unpaired) electrons. The van der Waals surface area contributed by atoms with Gasteiger partial charge in [0.05, 0.1) is 16.8 Å². The lowest BCUT2D eigenvalue weighted by molar-refractivity contribution is 0.0939. The van der Waals surface area contributed by atoms with E-state index in [2.05, 4.69) is 10.3 Å². The quantitative estimate of drug-likeness (QED) is 0.935. The zero-order valence-corrected chi connectivity index (χ0v) is 11.0. The van der Waals surface area contributed by atoms with Gasteiger partial charge in [-0.3, -0.25) is 9.78 Å². The maximum absolute atomic E-state index is 13.0. The van der Waals surface area contributed by atoms with Gasteiger partial charge < -0.3 is 5.32 Å². The van der Waals surface area contributed by atoms with Crippen LogP contribution < -0.4 is 5.32 Å². The number of benzene rings is 1. The van der Waals surface area contributed by atoms with Gasteiger partial charge in [0.1, 0.15) is 5.82 Å². The average molecular weight is 279 g/mol. The molecule has 0 saturated carbocycles. The summed E-state index contributed by atoms with van der Waals surface area (Å²) in [6.07, 6.45) is 1.66. The highest BCUT2D eigenvalue weighted by molar-refractivity contribution is 6.31. The molecule has 1 aromatic carbocycles. The van der Waals surface area contributed by atoms with E-state index in [9.17, 15) is 9.18 Å². The standard InChI is InChI=1S/C14H12ClFN2O/c1-9(13-4-2-3-7-17-13)18-14(19)10-5-6-12(16)11(15)8-10/h2-9H,1H3,(H,18,19)/t9-/m1/s1. The molecule has 3 nitrogen and oxygen atoms in total. The molecule has 0 aliphatic rings. The van der Waals surface area contributed by atoms with Crippen LogP contribution in [0, 0.1) is 5.82 Å². The first-order valence-electron chi connectivity index (χ1n) is 5.75. The minimum atomic E-state index is -0.545. The minimum absolute atomic E-state index is 0.0712. The second kappa shape index (κ2) is 5.80. The second-order valence-corrected chi connectivity index (χ2v) is 4.49. The van der Waals surface area contributed by atoms with Crippen LogP contribution in [0.4, 0.5) is 4.39 Å². The van der Waals surface area contributed by atoms with E-state index in [4.69, 9.17) is 11.6 Å². The highest BCUT2D eigenvalue weighted by Crippen LogP contribution is 2.17. The topological polar surface area (TPSA) is 42.0 Å². The van der Waals surface area contributed by atoms with Gasteiger partial charge >= 0.3 is 0 Å². The molecular weight excluding hydrogens is 267 g/mol. The Morgan fingerprint density at radius 3 is 2.79 bits per heavy atom. The van der Waals surface area contributed by atoms with E-state index < -0.39 is 5.82 Å². The number of nitrogens with zero attached hydrogens (tertiary/aromatic N) is 1. The van der Waals surface area contributed by atoms with Crippen LogP contribution in [0.15, 0.2) is 42.6 Å². The number of rotatable bonds is 3. The Labute approximate surface area is 115 Å². The molecule has 0 aliphatic heterocycles. The number of carbonyl (C=O) groups is 1. The molecule has 19 heavy (non-hydrogen) atoms. The van der Waals surface area contributed by atoms with Crippen LogP contribution in [-0.2, 0) is 0 Å². The highest BCUT2D eigenvalue weighted by atomic mass is 35.5. The van der Waals surface area contributed by atoms with Gasteiger partial charge in [0.2, 0.25) is 0 Å². The number of aromatic nitrogens is 1. The van der Waals surface area contributed by atoms with E-state index >= 15 is 0 Å². The Bertz CT molecular complexity index is 589. The second-order valence-electron chi connectivity index (χ2n) is 4.08. The lowest BCUT2D eigenvalue weighted by Gasteiger charge is -2.13. The Kier molecular flexibility index (Phi) is 4.12. The van der Waals surface area contributed by atoms with Crippen molar-refractivity contribution in [3.63, 3.8) is 0 Å². The third-order valence-corrected chi connectivity index (χ3v) is 2.95. The number of hydrogen-bond donors (Lipinski definition) is 1. The van der Waals surface area contributed by atoms with Gasteiger partial charge in [-0.2, -0.15) is 0 Å². The van der Waals surface area contributed by atoms with Crippen molar-refractivity contribution in [3.8, 4) is 0 Å². The van der Waals surface area contributed by atoms with Gasteiger partial charge in [-0.1, -0.05) is 17.7 Å². The van der Waals surface area contributed by atoms with Crippen molar-refractivity contribution in [1.29, 1.82) is 0 Å². The molecule has 0 bridgehead atoms. The summed E-state index contributed by atoms with van der Waals surface area (Å²) >= 11 is 5.64. The van der Waals surface area contributed by atoms with Crippen molar-refractivity contribution in [2.45, 2.75) is 13.0 Å². The average Bonchev–Trinajstić information content (AvgIpc) is 2.42. The smallest absolute Gasteiger partial charge is 0.251 e. The number of nitrogens with one attached hydrogen (secondary N) is 1. The molecule has 1 heterocycles. The zero-order valence-electron chi connectivity index (χ0n) is 10.2. The first kappa shape index (κ1) is 13.5. The van der Waals surface area contributed by atoms with Gasteiger partial charge in [0, 0.05) is 11.8 Å². The van der Waals surface area contributed by atoms with Crippen LogP contribution in [0.5, 0.6) is 0 Å². The molecule has 1 amide bonds. The van der Waals surface area contributed by atoms with Crippen LogP contribution in [0.2, 0.25) is 5.02 Å². The largest absolute Gasteiger partial charge is 0.344 e. The summed E-state index contributed by atoms with van der Waals surface area (Å²) in [5.41, 5.74) is 1.07. The minimum Gasteiger partial charge on any atom is -0.344 e. The lowest BCUT2D eigenvalue weighted by Crippen LogP contribution is -2.27. The molecule has 0 spiro atoms. The number of hydrogen-bond acceptors (Lipinski definition) is 2. The van der Waals surface area contributed by atoms with Crippen molar-refractivity contribution >= 4 is 17.5 Å². The summed E-state index contributed by atoms with van der Waals surface area (Å²) < 4.78 is 13.0. The third kappa shape index (κ3) is 3.29. The lowest BCUT2D eigenvalue weighted by atomic mass is 10.1. The summed E-state index contributed by atoms with van der Waals surface area (Å²) in [5.74, 6) is -0.865. The Balaban J connectivity index is 2.11. The molecule has 1 atom stereocenters. The van der Waals surface area contributed by atoms with E-state index in [1.807, 2.05) is 19.1 Å². The number of amides is 1. The van der Waals surface area contributed by atoms with Crippen molar-refractivity contribution in [1.82, 2.24) is 10.3 Å². The fraction of sp³-hybridized carbons (Fsp3) is 0.143. The molecule has 0 unspecified atom stereocenters. The predicted molar refractivity (Wildman–Crippen MR) is 71.5 cm³/mol. The first-order chi connectivity index (χ1) is 9.08. The molecule has 0 aliphatic carbocycles. The Morgan fingerprint density at radius 1 is 1.37 bits per heavy atom. The van der Waals surface area contributed by atoms with E-state index in [-0.39, 0.29) is 17.0 Å². The first-order valence-corrected chi connectivity index (χ1v) is 6.12. The number of carbonyl (C=O) groups excluding carboxylic acids is 1. The molecule has 1 aromatic heterocycles. The Hall–Kier alpha value is -1.94. The summed E-state index contributed by atoms with van der Waals surface area (Å²) in [6, 6.07) is 9.10. The van der Waals surface area contributed by atoms with E-state index in [1.54, 1.807) is 12.3 Å². The van der Waals surface area contributed by atoms with Crippen LogP contribution in [0.3, 0.4) is 0 Å².